The van der Waals surface area contributed by atoms with E-state index in [-0.39, 0.29) is 5.41 Å². The summed E-state index contributed by atoms with van der Waals surface area (Å²) in [6.07, 6.45) is 3.06. The molecule has 0 aromatic carbocycles. The number of amides is 1. The van der Waals surface area contributed by atoms with Crippen LogP contribution in [-0.2, 0) is 16.1 Å². The predicted octanol–water partition coefficient (Wildman–Crippen LogP) is 2.21. The average Bonchev–Trinajstić information content (AvgIpc) is 3.11. The Balaban J connectivity index is 1.54. The van der Waals surface area contributed by atoms with Crippen LogP contribution >= 0.6 is 11.3 Å². The van der Waals surface area contributed by atoms with Gasteiger partial charge >= 0.3 is 0 Å². The van der Waals surface area contributed by atoms with Crippen molar-refractivity contribution in [2.24, 2.45) is 5.41 Å². The highest BCUT2D eigenvalue weighted by atomic mass is 32.1. The van der Waals surface area contributed by atoms with Gasteiger partial charge in [-0.15, -0.1) is 11.3 Å². The minimum absolute atomic E-state index is 0.0698. The highest BCUT2D eigenvalue weighted by Gasteiger charge is 2.47. The third kappa shape index (κ3) is 3.15. The zero-order valence-electron chi connectivity index (χ0n) is 12.7. The van der Waals surface area contributed by atoms with Crippen molar-refractivity contribution in [2.75, 3.05) is 39.9 Å². The van der Waals surface area contributed by atoms with Crippen LogP contribution in [0.1, 0.15) is 24.1 Å². The van der Waals surface area contributed by atoms with Crippen LogP contribution in [0.25, 0.3) is 0 Å². The van der Waals surface area contributed by atoms with Gasteiger partial charge in [-0.1, -0.05) is 6.07 Å². The summed E-state index contributed by atoms with van der Waals surface area (Å²) in [5, 5.41) is 2.13. The van der Waals surface area contributed by atoms with E-state index >= 15 is 0 Å². The van der Waals surface area contributed by atoms with Gasteiger partial charge in [0.25, 0.3) is 0 Å². The van der Waals surface area contributed by atoms with Gasteiger partial charge in [0.15, 0.2) is 0 Å². The van der Waals surface area contributed by atoms with Crippen LogP contribution in [0.5, 0.6) is 0 Å². The molecule has 5 heteroatoms. The first-order valence-electron chi connectivity index (χ1n) is 7.77. The van der Waals surface area contributed by atoms with Crippen molar-refractivity contribution < 1.29 is 9.53 Å². The van der Waals surface area contributed by atoms with Gasteiger partial charge in [-0.3, -0.25) is 9.69 Å². The Kier molecular flexibility index (Phi) is 4.62. The average molecular weight is 308 g/mol. The summed E-state index contributed by atoms with van der Waals surface area (Å²) in [5.74, 6) is 0.371. The zero-order valence-corrected chi connectivity index (χ0v) is 13.5. The molecule has 0 aliphatic carbocycles. The molecule has 4 nitrogen and oxygen atoms in total. The van der Waals surface area contributed by atoms with Gasteiger partial charge in [0.2, 0.25) is 5.91 Å². The molecule has 1 aromatic rings. The second kappa shape index (κ2) is 6.46. The molecule has 116 valence electrons. The molecule has 0 saturated carbocycles. The van der Waals surface area contributed by atoms with Crippen molar-refractivity contribution in [3.8, 4) is 0 Å². The SMILES string of the molecule is COCCN1CCC2(CCN(Cc3cccs3)CC2)C1=O. The fraction of sp³-hybridized carbons (Fsp3) is 0.688. The van der Waals surface area contributed by atoms with Gasteiger partial charge in [-0.25, -0.2) is 0 Å². The first-order chi connectivity index (χ1) is 10.2. The second-order valence-electron chi connectivity index (χ2n) is 6.17. The number of likely N-dealkylation sites (tertiary alicyclic amines) is 2. The lowest BCUT2D eigenvalue weighted by molar-refractivity contribution is -0.138. The molecule has 2 aliphatic heterocycles. The summed E-state index contributed by atoms with van der Waals surface area (Å²) in [6, 6.07) is 4.31. The molecule has 1 spiro atoms. The molecule has 0 bridgehead atoms. The molecule has 0 unspecified atom stereocenters. The normalized spacial score (nSPS) is 22.3. The molecule has 1 aromatic heterocycles. The predicted molar refractivity (Wildman–Crippen MR) is 84.3 cm³/mol. The smallest absolute Gasteiger partial charge is 0.229 e. The van der Waals surface area contributed by atoms with Gasteiger partial charge < -0.3 is 9.64 Å². The number of carbonyl (C=O) groups excluding carboxylic acids is 1. The van der Waals surface area contributed by atoms with Crippen LogP contribution in [-0.4, -0.2) is 55.6 Å². The van der Waals surface area contributed by atoms with E-state index in [4.69, 9.17) is 4.74 Å². The first-order valence-corrected chi connectivity index (χ1v) is 8.64. The Morgan fingerprint density at radius 3 is 2.71 bits per heavy atom. The lowest BCUT2D eigenvalue weighted by Crippen LogP contribution is -2.44. The minimum atomic E-state index is -0.0698. The highest BCUT2D eigenvalue weighted by molar-refractivity contribution is 7.09. The van der Waals surface area contributed by atoms with Gasteiger partial charge in [0.05, 0.1) is 12.0 Å². The molecule has 21 heavy (non-hydrogen) atoms. The van der Waals surface area contributed by atoms with Gasteiger partial charge in [-0.2, -0.15) is 0 Å². The van der Waals surface area contributed by atoms with Crippen molar-refractivity contribution in [3.63, 3.8) is 0 Å². The highest BCUT2D eigenvalue weighted by Crippen LogP contribution is 2.41. The van der Waals surface area contributed by atoms with Crippen molar-refractivity contribution in [1.82, 2.24) is 9.80 Å². The summed E-state index contributed by atoms with van der Waals surface area (Å²) in [4.78, 5) is 18.6. The molecule has 3 rings (SSSR count). The maximum Gasteiger partial charge on any atom is 0.229 e. The van der Waals surface area contributed by atoms with E-state index in [1.165, 1.54) is 4.88 Å². The monoisotopic (exact) mass is 308 g/mol. The number of hydrogen-bond donors (Lipinski definition) is 0. The van der Waals surface area contributed by atoms with E-state index in [0.29, 0.717) is 12.5 Å². The molecule has 2 fully saturated rings. The number of carbonyl (C=O) groups is 1. The van der Waals surface area contributed by atoms with E-state index in [1.807, 2.05) is 16.2 Å². The minimum Gasteiger partial charge on any atom is -0.383 e. The molecule has 0 N–H and O–H groups in total. The lowest BCUT2D eigenvalue weighted by Gasteiger charge is -2.37. The zero-order chi connectivity index (χ0) is 14.7. The van der Waals surface area contributed by atoms with Crippen molar-refractivity contribution >= 4 is 17.2 Å². The molecule has 2 saturated heterocycles. The summed E-state index contributed by atoms with van der Waals surface area (Å²) < 4.78 is 5.10. The quantitative estimate of drug-likeness (QED) is 0.836. The molecule has 0 atom stereocenters. The van der Waals surface area contributed by atoms with Crippen LogP contribution in [0.2, 0.25) is 0 Å². The molecular formula is C16H24N2O2S. The van der Waals surface area contributed by atoms with E-state index in [1.54, 1.807) is 7.11 Å². The molecular weight excluding hydrogens is 284 g/mol. The third-order valence-electron chi connectivity index (χ3n) is 4.94. The van der Waals surface area contributed by atoms with Crippen LogP contribution in [0.4, 0.5) is 0 Å². The second-order valence-corrected chi connectivity index (χ2v) is 7.20. The van der Waals surface area contributed by atoms with Crippen LogP contribution in [0.3, 0.4) is 0 Å². The Hall–Kier alpha value is -0.910. The Bertz CT molecular complexity index is 467. The summed E-state index contributed by atoms with van der Waals surface area (Å²) >= 11 is 1.82. The number of piperidine rings is 1. The Morgan fingerprint density at radius 2 is 2.05 bits per heavy atom. The maximum absolute atomic E-state index is 12.7. The summed E-state index contributed by atoms with van der Waals surface area (Å²) in [6.45, 7) is 5.42. The Morgan fingerprint density at radius 1 is 1.29 bits per heavy atom. The van der Waals surface area contributed by atoms with Crippen molar-refractivity contribution in [2.45, 2.75) is 25.8 Å². The number of thiophene rings is 1. The number of rotatable bonds is 5. The Labute approximate surface area is 130 Å². The maximum atomic E-state index is 12.7. The number of ether oxygens (including phenoxy) is 1. The van der Waals surface area contributed by atoms with Crippen LogP contribution < -0.4 is 0 Å². The molecule has 3 heterocycles. The van der Waals surface area contributed by atoms with Gasteiger partial charge in [0, 0.05) is 31.6 Å². The molecule has 0 radical (unpaired) electrons. The molecule has 2 aliphatic rings. The fourth-order valence-corrected chi connectivity index (χ4v) is 4.28. The van der Waals surface area contributed by atoms with Crippen molar-refractivity contribution in [1.29, 1.82) is 0 Å². The topological polar surface area (TPSA) is 32.8 Å². The molecule has 1 amide bonds. The summed E-state index contributed by atoms with van der Waals surface area (Å²) in [5.41, 5.74) is -0.0698. The number of nitrogens with zero attached hydrogens (tertiary/aromatic N) is 2. The van der Waals surface area contributed by atoms with E-state index in [0.717, 1.165) is 52.0 Å². The first kappa shape index (κ1) is 15.0. The third-order valence-corrected chi connectivity index (χ3v) is 5.80. The fourth-order valence-electron chi connectivity index (χ4n) is 3.53. The van der Waals surface area contributed by atoms with Crippen LogP contribution in [0.15, 0.2) is 17.5 Å². The van der Waals surface area contributed by atoms with E-state index < -0.39 is 0 Å². The van der Waals surface area contributed by atoms with E-state index in [9.17, 15) is 4.79 Å². The summed E-state index contributed by atoms with van der Waals surface area (Å²) in [7, 11) is 1.69. The van der Waals surface area contributed by atoms with Crippen molar-refractivity contribution in [3.05, 3.63) is 22.4 Å². The number of methoxy groups -OCH3 is 1. The largest absolute Gasteiger partial charge is 0.383 e. The van der Waals surface area contributed by atoms with Gasteiger partial charge in [0.1, 0.15) is 0 Å². The van der Waals surface area contributed by atoms with E-state index in [2.05, 4.69) is 22.4 Å². The van der Waals surface area contributed by atoms with Gasteiger partial charge in [-0.05, 0) is 43.8 Å². The van der Waals surface area contributed by atoms with Crippen LogP contribution in [0, 0.1) is 5.41 Å². The number of hydrogen-bond acceptors (Lipinski definition) is 4. The standard InChI is InChI=1S/C16H24N2O2S/c1-20-11-10-18-9-6-16(15(18)19)4-7-17(8-5-16)13-14-3-2-12-21-14/h2-3,12H,4-11,13H2,1H3. The lowest BCUT2D eigenvalue weighted by atomic mass is 9.77.